The molecule has 0 fully saturated rings. The maximum Gasteiger partial charge on any atom is 0.339 e. The zero-order valence-corrected chi connectivity index (χ0v) is 11.6. The molecule has 0 aliphatic rings. The highest BCUT2D eigenvalue weighted by atomic mass is 79.9. The van der Waals surface area contributed by atoms with E-state index in [1.807, 2.05) is 0 Å². The van der Waals surface area contributed by atoms with Crippen molar-refractivity contribution in [2.75, 3.05) is 0 Å². The van der Waals surface area contributed by atoms with Gasteiger partial charge in [0.05, 0.1) is 4.47 Å². The van der Waals surface area contributed by atoms with Gasteiger partial charge in [-0.1, -0.05) is 11.6 Å². The summed E-state index contributed by atoms with van der Waals surface area (Å²) in [7, 11) is 0. The molecular weight excluding hydrogens is 315 g/mol. The van der Waals surface area contributed by atoms with Crippen LogP contribution in [0, 0.1) is 12.7 Å². The third kappa shape index (κ3) is 3.12. The normalized spacial score (nSPS) is 10.3. The van der Waals surface area contributed by atoms with Crippen LogP contribution in [0.25, 0.3) is 0 Å². The molecule has 2 aromatic rings. The van der Waals surface area contributed by atoms with Crippen LogP contribution >= 0.6 is 15.9 Å². The molecule has 0 saturated heterocycles. The van der Waals surface area contributed by atoms with Gasteiger partial charge < -0.3 is 9.84 Å². The molecule has 19 heavy (non-hydrogen) atoms. The van der Waals surface area contributed by atoms with E-state index in [0.29, 0.717) is 5.75 Å². The standard InChI is InChI=1S/C14H10BrFO3/c1-8-2-5-13(10(6-8)14(17)18)19-9-3-4-12(16)11(15)7-9/h2-7H,1H3,(H,17,18). The van der Waals surface area contributed by atoms with E-state index in [4.69, 9.17) is 9.84 Å². The summed E-state index contributed by atoms with van der Waals surface area (Å²) in [6.07, 6.45) is 0. The van der Waals surface area contributed by atoms with Gasteiger partial charge in [0.25, 0.3) is 0 Å². The number of halogens is 2. The predicted molar refractivity (Wildman–Crippen MR) is 72.3 cm³/mol. The molecule has 3 nitrogen and oxygen atoms in total. The molecule has 0 amide bonds. The number of hydrogen-bond donors (Lipinski definition) is 1. The summed E-state index contributed by atoms with van der Waals surface area (Å²) in [5, 5.41) is 9.12. The highest BCUT2D eigenvalue weighted by molar-refractivity contribution is 9.10. The lowest BCUT2D eigenvalue weighted by Gasteiger charge is -2.10. The Hall–Kier alpha value is -1.88. The number of aryl methyl sites for hydroxylation is 1. The number of carboxylic acid groups (broad SMARTS) is 1. The Morgan fingerprint density at radius 3 is 2.63 bits per heavy atom. The van der Waals surface area contributed by atoms with E-state index in [2.05, 4.69) is 15.9 Å². The summed E-state index contributed by atoms with van der Waals surface area (Å²) in [6.45, 7) is 1.80. The molecular formula is C14H10BrFO3. The first-order valence-electron chi connectivity index (χ1n) is 5.44. The minimum atomic E-state index is -1.07. The first-order chi connectivity index (χ1) is 8.97. The Balaban J connectivity index is 2.37. The van der Waals surface area contributed by atoms with Gasteiger partial charge in [-0.3, -0.25) is 0 Å². The summed E-state index contributed by atoms with van der Waals surface area (Å²) < 4.78 is 18.8. The lowest BCUT2D eigenvalue weighted by Crippen LogP contribution is -2.00. The van der Waals surface area contributed by atoms with Gasteiger partial charge in [0, 0.05) is 0 Å². The lowest BCUT2D eigenvalue weighted by molar-refractivity contribution is 0.0694. The van der Waals surface area contributed by atoms with Crippen molar-refractivity contribution in [1.29, 1.82) is 0 Å². The van der Waals surface area contributed by atoms with Gasteiger partial charge in [-0.15, -0.1) is 0 Å². The Bertz CT molecular complexity index is 641. The SMILES string of the molecule is Cc1ccc(Oc2ccc(F)c(Br)c2)c(C(=O)O)c1. The van der Waals surface area contributed by atoms with Crippen LogP contribution in [0.2, 0.25) is 0 Å². The Kier molecular flexibility index (Phi) is 3.85. The number of ether oxygens (including phenoxy) is 1. The maximum absolute atomic E-state index is 13.1. The minimum absolute atomic E-state index is 0.0699. The van der Waals surface area contributed by atoms with Crippen molar-refractivity contribution in [3.05, 3.63) is 57.8 Å². The topological polar surface area (TPSA) is 46.5 Å². The fraction of sp³-hybridized carbons (Fsp3) is 0.0714. The van der Waals surface area contributed by atoms with Crippen LogP contribution in [-0.2, 0) is 0 Å². The molecule has 2 aromatic carbocycles. The van der Waals surface area contributed by atoms with E-state index in [9.17, 15) is 9.18 Å². The average Bonchev–Trinajstić information content (AvgIpc) is 2.36. The monoisotopic (exact) mass is 324 g/mol. The van der Waals surface area contributed by atoms with Crippen molar-refractivity contribution in [2.24, 2.45) is 0 Å². The molecule has 0 bridgehead atoms. The second-order valence-corrected chi connectivity index (χ2v) is 4.84. The van der Waals surface area contributed by atoms with Gasteiger partial charge in [0.15, 0.2) is 0 Å². The zero-order chi connectivity index (χ0) is 14.0. The van der Waals surface area contributed by atoms with Gasteiger partial charge in [-0.25, -0.2) is 9.18 Å². The van der Waals surface area contributed by atoms with Crippen LogP contribution in [0.3, 0.4) is 0 Å². The van der Waals surface area contributed by atoms with Crippen LogP contribution in [-0.4, -0.2) is 11.1 Å². The predicted octanol–water partition coefficient (Wildman–Crippen LogP) is 4.39. The largest absolute Gasteiger partial charge is 0.478 e. The molecule has 98 valence electrons. The number of hydrogen-bond acceptors (Lipinski definition) is 2. The molecule has 0 spiro atoms. The lowest BCUT2D eigenvalue weighted by atomic mass is 10.1. The van der Waals surface area contributed by atoms with E-state index in [-0.39, 0.29) is 15.8 Å². The van der Waals surface area contributed by atoms with Crippen molar-refractivity contribution < 1.29 is 19.0 Å². The number of benzene rings is 2. The maximum atomic E-state index is 13.1. The average molecular weight is 325 g/mol. The van der Waals surface area contributed by atoms with Gasteiger partial charge in [-0.2, -0.15) is 0 Å². The van der Waals surface area contributed by atoms with E-state index in [0.717, 1.165) is 5.56 Å². The first-order valence-corrected chi connectivity index (χ1v) is 6.23. The molecule has 0 aliphatic carbocycles. The van der Waals surface area contributed by atoms with Gasteiger partial charge in [-0.05, 0) is 53.2 Å². The minimum Gasteiger partial charge on any atom is -0.478 e. The number of carboxylic acids is 1. The summed E-state index contributed by atoms with van der Waals surface area (Å²) in [5.41, 5.74) is 0.894. The molecule has 0 aromatic heterocycles. The molecule has 0 radical (unpaired) electrons. The molecule has 0 saturated carbocycles. The third-order valence-electron chi connectivity index (χ3n) is 2.48. The van der Waals surface area contributed by atoms with Crippen molar-refractivity contribution in [3.8, 4) is 11.5 Å². The van der Waals surface area contributed by atoms with Crippen molar-refractivity contribution >= 4 is 21.9 Å². The molecule has 5 heteroatoms. The van der Waals surface area contributed by atoms with Crippen LogP contribution in [0.4, 0.5) is 4.39 Å². The number of rotatable bonds is 3. The van der Waals surface area contributed by atoms with E-state index in [1.54, 1.807) is 19.1 Å². The molecule has 0 heterocycles. The summed E-state index contributed by atoms with van der Waals surface area (Å²) in [5.74, 6) is -0.897. The fourth-order valence-electron chi connectivity index (χ4n) is 1.57. The fourth-order valence-corrected chi connectivity index (χ4v) is 1.93. The van der Waals surface area contributed by atoms with Gasteiger partial charge >= 0.3 is 5.97 Å². The smallest absolute Gasteiger partial charge is 0.339 e. The second-order valence-electron chi connectivity index (χ2n) is 3.98. The molecule has 0 aliphatic heterocycles. The second kappa shape index (κ2) is 5.40. The Morgan fingerprint density at radius 2 is 2.00 bits per heavy atom. The highest BCUT2D eigenvalue weighted by Crippen LogP contribution is 2.29. The van der Waals surface area contributed by atoms with Crippen LogP contribution in [0.5, 0.6) is 11.5 Å². The number of aromatic carboxylic acids is 1. The Labute approximate surface area is 117 Å². The van der Waals surface area contributed by atoms with Crippen molar-refractivity contribution in [2.45, 2.75) is 6.92 Å². The quantitative estimate of drug-likeness (QED) is 0.910. The van der Waals surface area contributed by atoms with Crippen molar-refractivity contribution in [1.82, 2.24) is 0 Å². The van der Waals surface area contributed by atoms with Crippen LogP contribution in [0.1, 0.15) is 15.9 Å². The molecule has 0 unspecified atom stereocenters. The van der Waals surface area contributed by atoms with Crippen LogP contribution in [0.15, 0.2) is 40.9 Å². The summed E-state index contributed by atoms with van der Waals surface area (Å²) >= 11 is 3.05. The first kappa shape index (κ1) is 13.5. The van der Waals surface area contributed by atoms with Crippen molar-refractivity contribution in [3.63, 3.8) is 0 Å². The Morgan fingerprint density at radius 1 is 1.26 bits per heavy atom. The van der Waals surface area contributed by atoms with E-state index < -0.39 is 11.8 Å². The summed E-state index contributed by atoms with van der Waals surface area (Å²) in [4.78, 5) is 11.1. The summed E-state index contributed by atoms with van der Waals surface area (Å²) in [6, 6.07) is 8.98. The number of carbonyl (C=O) groups is 1. The van der Waals surface area contributed by atoms with E-state index >= 15 is 0 Å². The highest BCUT2D eigenvalue weighted by Gasteiger charge is 2.12. The van der Waals surface area contributed by atoms with E-state index in [1.165, 1.54) is 24.3 Å². The molecule has 0 atom stereocenters. The zero-order valence-electron chi connectivity index (χ0n) is 9.98. The third-order valence-corrected chi connectivity index (χ3v) is 3.09. The van der Waals surface area contributed by atoms with Crippen LogP contribution < -0.4 is 4.74 Å². The van der Waals surface area contributed by atoms with Gasteiger partial charge in [0.1, 0.15) is 22.9 Å². The molecule has 1 N–H and O–H groups in total. The van der Waals surface area contributed by atoms with Gasteiger partial charge in [0.2, 0.25) is 0 Å². The molecule has 2 rings (SSSR count).